The van der Waals surface area contributed by atoms with Gasteiger partial charge in [-0.3, -0.25) is 5.10 Å². The third-order valence-electron chi connectivity index (χ3n) is 2.08. The van der Waals surface area contributed by atoms with Crippen LogP contribution in [0.5, 0.6) is 0 Å². The standard InChI is InChI=1S/C10H12FN3/c1-10(2,3)9-8-7(13-14-9)4-6(11)5-12-8/h4-5H,1-3H3,(H,13,14). The van der Waals surface area contributed by atoms with Crippen molar-refractivity contribution in [2.45, 2.75) is 26.2 Å². The average Bonchev–Trinajstić information content (AvgIpc) is 2.45. The summed E-state index contributed by atoms with van der Waals surface area (Å²) in [7, 11) is 0. The third kappa shape index (κ3) is 1.36. The molecule has 0 radical (unpaired) electrons. The van der Waals surface area contributed by atoms with Crippen LogP contribution in [0.1, 0.15) is 26.5 Å². The molecule has 0 spiro atoms. The van der Waals surface area contributed by atoms with Gasteiger partial charge in [-0.15, -0.1) is 0 Å². The highest BCUT2D eigenvalue weighted by Crippen LogP contribution is 2.26. The molecule has 0 unspecified atom stereocenters. The number of aromatic nitrogens is 3. The highest BCUT2D eigenvalue weighted by molar-refractivity contribution is 5.77. The zero-order chi connectivity index (χ0) is 10.3. The van der Waals surface area contributed by atoms with Crippen molar-refractivity contribution in [1.29, 1.82) is 0 Å². The number of fused-ring (bicyclic) bond motifs is 1. The molecule has 1 N–H and O–H groups in total. The van der Waals surface area contributed by atoms with Crippen LogP contribution in [0.3, 0.4) is 0 Å². The maximum absolute atomic E-state index is 12.8. The second-order valence-corrected chi connectivity index (χ2v) is 4.37. The fourth-order valence-electron chi connectivity index (χ4n) is 1.41. The summed E-state index contributed by atoms with van der Waals surface area (Å²) in [6, 6.07) is 1.41. The van der Waals surface area contributed by atoms with E-state index in [-0.39, 0.29) is 11.2 Å². The van der Waals surface area contributed by atoms with Crippen molar-refractivity contribution >= 4 is 11.0 Å². The molecule has 0 aliphatic rings. The predicted octanol–water partition coefficient (Wildman–Crippen LogP) is 2.39. The fraction of sp³-hybridized carbons (Fsp3) is 0.400. The lowest BCUT2D eigenvalue weighted by molar-refractivity contribution is 0.570. The molecule has 14 heavy (non-hydrogen) atoms. The molecule has 2 heterocycles. The van der Waals surface area contributed by atoms with Gasteiger partial charge in [0, 0.05) is 11.5 Å². The largest absolute Gasteiger partial charge is 0.276 e. The van der Waals surface area contributed by atoms with Gasteiger partial charge >= 0.3 is 0 Å². The van der Waals surface area contributed by atoms with E-state index in [1.807, 2.05) is 20.8 Å². The number of hydrogen-bond acceptors (Lipinski definition) is 2. The van der Waals surface area contributed by atoms with Crippen molar-refractivity contribution in [3.8, 4) is 0 Å². The Hall–Kier alpha value is -1.45. The number of aromatic amines is 1. The minimum absolute atomic E-state index is 0.0803. The summed E-state index contributed by atoms with van der Waals surface area (Å²) < 4.78 is 12.8. The first-order valence-corrected chi connectivity index (χ1v) is 4.48. The molecule has 0 aliphatic carbocycles. The lowest BCUT2D eigenvalue weighted by Gasteiger charge is -2.14. The third-order valence-corrected chi connectivity index (χ3v) is 2.08. The summed E-state index contributed by atoms with van der Waals surface area (Å²) in [6.45, 7) is 6.15. The van der Waals surface area contributed by atoms with Crippen LogP contribution in [0.15, 0.2) is 12.3 Å². The smallest absolute Gasteiger partial charge is 0.143 e. The Morgan fingerprint density at radius 1 is 1.36 bits per heavy atom. The van der Waals surface area contributed by atoms with Gasteiger partial charge in [0.05, 0.1) is 17.4 Å². The monoisotopic (exact) mass is 193 g/mol. The van der Waals surface area contributed by atoms with Crippen molar-refractivity contribution in [1.82, 2.24) is 15.2 Å². The van der Waals surface area contributed by atoms with Gasteiger partial charge in [-0.1, -0.05) is 20.8 Å². The average molecular weight is 193 g/mol. The van der Waals surface area contributed by atoms with Crippen molar-refractivity contribution in [2.24, 2.45) is 0 Å². The molecule has 4 heteroatoms. The van der Waals surface area contributed by atoms with Gasteiger partial charge in [0.1, 0.15) is 11.3 Å². The normalized spacial score (nSPS) is 12.3. The van der Waals surface area contributed by atoms with Crippen LogP contribution < -0.4 is 0 Å². The highest BCUT2D eigenvalue weighted by Gasteiger charge is 2.21. The Morgan fingerprint density at radius 3 is 2.71 bits per heavy atom. The van der Waals surface area contributed by atoms with Gasteiger partial charge in [0.25, 0.3) is 0 Å². The lowest BCUT2D eigenvalue weighted by Crippen LogP contribution is -2.12. The first-order chi connectivity index (χ1) is 6.48. The Labute approximate surface area is 81.4 Å². The van der Waals surface area contributed by atoms with E-state index < -0.39 is 0 Å². The zero-order valence-electron chi connectivity index (χ0n) is 8.43. The molecule has 0 fully saturated rings. The first-order valence-electron chi connectivity index (χ1n) is 4.48. The van der Waals surface area contributed by atoms with Crippen LogP contribution in [0.25, 0.3) is 11.0 Å². The number of nitrogens with one attached hydrogen (secondary N) is 1. The van der Waals surface area contributed by atoms with Crippen LogP contribution in [0.4, 0.5) is 4.39 Å². The van der Waals surface area contributed by atoms with Crippen LogP contribution in [0.2, 0.25) is 0 Å². The molecule has 2 aromatic rings. The number of halogens is 1. The number of pyridine rings is 1. The van der Waals surface area contributed by atoms with E-state index in [0.29, 0.717) is 5.52 Å². The van der Waals surface area contributed by atoms with Crippen molar-refractivity contribution < 1.29 is 4.39 Å². The second kappa shape index (κ2) is 2.77. The zero-order valence-corrected chi connectivity index (χ0v) is 8.43. The number of H-pyrrole nitrogens is 1. The molecular formula is C10H12FN3. The van der Waals surface area contributed by atoms with Crippen LogP contribution in [-0.4, -0.2) is 15.2 Å². The van der Waals surface area contributed by atoms with Crippen molar-refractivity contribution in [3.05, 3.63) is 23.8 Å². The van der Waals surface area contributed by atoms with Crippen molar-refractivity contribution in [3.63, 3.8) is 0 Å². The van der Waals surface area contributed by atoms with Crippen LogP contribution >= 0.6 is 0 Å². The van der Waals surface area contributed by atoms with E-state index in [9.17, 15) is 4.39 Å². The molecule has 74 valence electrons. The van der Waals surface area contributed by atoms with Gasteiger partial charge in [0.15, 0.2) is 0 Å². The number of rotatable bonds is 0. The molecule has 2 rings (SSSR count). The molecule has 0 saturated carbocycles. The van der Waals surface area contributed by atoms with Crippen LogP contribution in [0, 0.1) is 5.82 Å². The van der Waals surface area contributed by atoms with Gasteiger partial charge in [-0.2, -0.15) is 5.10 Å². The maximum atomic E-state index is 12.8. The van der Waals surface area contributed by atoms with Gasteiger partial charge in [-0.05, 0) is 0 Å². The first kappa shape index (κ1) is 9.12. The summed E-state index contributed by atoms with van der Waals surface area (Å²) in [6.07, 6.45) is 1.22. The predicted molar refractivity (Wildman–Crippen MR) is 52.5 cm³/mol. The van der Waals surface area contributed by atoms with Gasteiger partial charge < -0.3 is 0 Å². The SMILES string of the molecule is CC(C)(C)c1n[nH]c2cc(F)cnc12. The Bertz CT molecular complexity index is 468. The minimum atomic E-state index is -0.346. The summed E-state index contributed by atoms with van der Waals surface area (Å²) in [5, 5.41) is 6.94. The molecule has 3 nitrogen and oxygen atoms in total. The van der Waals surface area contributed by atoms with E-state index in [1.165, 1.54) is 12.3 Å². The molecule has 0 amide bonds. The quantitative estimate of drug-likeness (QED) is 0.698. The second-order valence-electron chi connectivity index (χ2n) is 4.37. The molecule has 0 atom stereocenters. The molecular weight excluding hydrogens is 181 g/mol. The summed E-state index contributed by atoms with van der Waals surface area (Å²) >= 11 is 0. The molecule has 2 aromatic heterocycles. The molecule has 0 saturated heterocycles. The molecule has 0 aliphatic heterocycles. The van der Waals surface area contributed by atoms with E-state index >= 15 is 0 Å². The molecule has 0 bridgehead atoms. The summed E-state index contributed by atoms with van der Waals surface area (Å²) in [5.74, 6) is -0.346. The maximum Gasteiger partial charge on any atom is 0.143 e. The van der Waals surface area contributed by atoms with E-state index in [4.69, 9.17) is 0 Å². The number of nitrogens with zero attached hydrogens (tertiary/aromatic N) is 2. The van der Waals surface area contributed by atoms with E-state index in [1.54, 1.807) is 0 Å². The topological polar surface area (TPSA) is 41.6 Å². The van der Waals surface area contributed by atoms with Crippen molar-refractivity contribution in [2.75, 3.05) is 0 Å². The lowest BCUT2D eigenvalue weighted by atomic mass is 9.91. The highest BCUT2D eigenvalue weighted by atomic mass is 19.1. The molecule has 0 aromatic carbocycles. The Balaban J connectivity index is 2.70. The number of hydrogen-bond donors (Lipinski definition) is 1. The Kier molecular flexibility index (Phi) is 1.80. The van der Waals surface area contributed by atoms with Gasteiger partial charge in [-0.25, -0.2) is 9.37 Å². The van der Waals surface area contributed by atoms with E-state index in [0.717, 1.165) is 11.2 Å². The van der Waals surface area contributed by atoms with Crippen LogP contribution in [-0.2, 0) is 5.41 Å². The summed E-state index contributed by atoms with van der Waals surface area (Å²) in [4.78, 5) is 4.04. The van der Waals surface area contributed by atoms with Gasteiger partial charge in [0.2, 0.25) is 0 Å². The minimum Gasteiger partial charge on any atom is -0.276 e. The van der Waals surface area contributed by atoms with E-state index in [2.05, 4.69) is 15.2 Å². The fourth-order valence-corrected chi connectivity index (χ4v) is 1.41. The summed E-state index contributed by atoms with van der Waals surface area (Å²) in [5.41, 5.74) is 2.18. The Morgan fingerprint density at radius 2 is 2.07 bits per heavy atom.